The third kappa shape index (κ3) is 6.55. The van der Waals surface area contributed by atoms with Gasteiger partial charge in [0.25, 0.3) is 0 Å². The number of nitrogens with two attached hydrogens (primary N) is 1. The molecule has 0 spiro atoms. The second-order valence-electron chi connectivity index (χ2n) is 10.0. The van der Waals surface area contributed by atoms with Crippen LogP contribution in [0.4, 0.5) is 0 Å². The van der Waals surface area contributed by atoms with Crippen molar-refractivity contribution in [2.24, 2.45) is 28.1 Å². The first kappa shape index (κ1) is 25.1. The zero-order valence-electron chi connectivity index (χ0n) is 19.9. The predicted molar refractivity (Wildman–Crippen MR) is 122 cm³/mol. The smallest absolute Gasteiger partial charge is 0.160 e. The molecule has 1 rings (SSSR count). The lowest BCUT2D eigenvalue weighted by Crippen LogP contribution is -2.40. The fourth-order valence-corrected chi connectivity index (χ4v) is 3.28. The number of likely N-dealkylation sites (N-methyl/N-ethyl adjacent to an activating group) is 1. The molecule has 0 bridgehead atoms. The number of hydrogen-bond donors (Lipinski definition) is 1. The monoisotopic (exact) mass is 403 g/mol. The molecule has 0 radical (unpaired) electrons. The highest BCUT2D eigenvalue weighted by molar-refractivity contribution is 6.07. The standard InChI is InChI=1S/C24H41N3O2/c1-10-17(4)20(25)13-19(18(5)15-28)22(16(2)3)26-27(9)24(11-12-24)21(29)14-23(6,7)8/h13,15-17H,10-12,14,25H2,1-9H3/b19-18-,20-13+,26-22-. The maximum absolute atomic E-state index is 13.0. The highest BCUT2D eigenvalue weighted by Gasteiger charge is 2.53. The Morgan fingerprint density at radius 2 is 1.79 bits per heavy atom. The van der Waals surface area contributed by atoms with Crippen molar-refractivity contribution in [1.82, 2.24) is 5.01 Å². The minimum atomic E-state index is -0.514. The topological polar surface area (TPSA) is 75.8 Å². The van der Waals surface area contributed by atoms with Gasteiger partial charge in [0.1, 0.15) is 11.8 Å². The Balaban J connectivity index is 3.37. The quantitative estimate of drug-likeness (QED) is 0.186. The zero-order valence-corrected chi connectivity index (χ0v) is 19.9. The van der Waals surface area contributed by atoms with E-state index in [1.165, 1.54) is 0 Å². The SMILES string of the molecule is CCC(C)\C(N)=C/C(C(=N\N(C)C1(C(=O)CC(C)(C)C)CC1)/C(C)C)=C(\C)C=O. The van der Waals surface area contributed by atoms with Crippen LogP contribution >= 0.6 is 0 Å². The molecule has 1 aliphatic carbocycles. The largest absolute Gasteiger partial charge is 0.402 e. The van der Waals surface area contributed by atoms with E-state index in [2.05, 4.69) is 48.5 Å². The van der Waals surface area contributed by atoms with Crippen LogP contribution in [0.15, 0.2) is 28.0 Å². The maximum atomic E-state index is 13.0. The number of hydrazone groups is 1. The number of allylic oxidation sites excluding steroid dienone is 4. The van der Waals surface area contributed by atoms with Crippen molar-refractivity contribution >= 4 is 17.8 Å². The van der Waals surface area contributed by atoms with Crippen molar-refractivity contribution in [1.29, 1.82) is 0 Å². The molecule has 1 aliphatic rings. The van der Waals surface area contributed by atoms with Gasteiger partial charge in [-0.1, -0.05) is 48.5 Å². The molecule has 0 heterocycles. The van der Waals surface area contributed by atoms with E-state index in [0.29, 0.717) is 12.0 Å². The second-order valence-corrected chi connectivity index (χ2v) is 10.0. The van der Waals surface area contributed by atoms with Gasteiger partial charge < -0.3 is 5.73 Å². The number of Topliss-reactive ketones (excluding diaryl/α,β-unsaturated/α-hetero) is 1. The Bertz CT molecular complexity index is 704. The number of carbonyl (C=O) groups is 2. The van der Waals surface area contributed by atoms with Crippen molar-refractivity contribution in [3.63, 3.8) is 0 Å². The van der Waals surface area contributed by atoms with Crippen molar-refractivity contribution in [3.05, 3.63) is 22.9 Å². The summed E-state index contributed by atoms with van der Waals surface area (Å²) in [6.07, 6.45) is 5.84. The third-order valence-electron chi connectivity index (χ3n) is 5.73. The van der Waals surface area contributed by atoms with Crippen LogP contribution in [0.2, 0.25) is 0 Å². The molecule has 0 aromatic rings. The summed E-state index contributed by atoms with van der Waals surface area (Å²) in [7, 11) is 1.88. The highest BCUT2D eigenvalue weighted by Crippen LogP contribution is 2.44. The molecule has 2 N–H and O–H groups in total. The number of ketones is 1. The van der Waals surface area contributed by atoms with E-state index in [9.17, 15) is 9.59 Å². The van der Waals surface area contributed by atoms with E-state index in [0.717, 1.165) is 42.5 Å². The number of carbonyl (C=O) groups excluding carboxylic acids is 2. The zero-order chi connectivity index (χ0) is 22.6. The van der Waals surface area contributed by atoms with Crippen LogP contribution in [0, 0.1) is 17.3 Å². The van der Waals surface area contributed by atoms with Gasteiger partial charge in [-0.05, 0) is 55.1 Å². The summed E-state index contributed by atoms with van der Waals surface area (Å²) < 4.78 is 0. The Hall–Kier alpha value is -1.91. The van der Waals surface area contributed by atoms with Gasteiger partial charge in [0, 0.05) is 24.7 Å². The Labute approximate surface area is 177 Å². The Morgan fingerprint density at radius 3 is 2.17 bits per heavy atom. The summed E-state index contributed by atoms with van der Waals surface area (Å²) >= 11 is 0. The molecular formula is C24H41N3O2. The van der Waals surface area contributed by atoms with E-state index in [1.54, 1.807) is 6.92 Å². The van der Waals surface area contributed by atoms with E-state index < -0.39 is 5.54 Å². The minimum Gasteiger partial charge on any atom is -0.402 e. The molecule has 0 amide bonds. The van der Waals surface area contributed by atoms with Crippen LogP contribution in [-0.2, 0) is 9.59 Å². The molecule has 0 aliphatic heterocycles. The molecule has 164 valence electrons. The maximum Gasteiger partial charge on any atom is 0.160 e. The summed E-state index contributed by atoms with van der Waals surface area (Å²) in [5.74, 6) is 0.544. The van der Waals surface area contributed by atoms with Gasteiger partial charge in [0.05, 0.1) is 5.71 Å². The minimum absolute atomic E-state index is 0.0508. The average molecular weight is 404 g/mol. The fourth-order valence-electron chi connectivity index (χ4n) is 3.28. The predicted octanol–water partition coefficient (Wildman–Crippen LogP) is 4.87. The lowest BCUT2D eigenvalue weighted by molar-refractivity contribution is -0.127. The normalized spacial score (nSPS) is 19.0. The molecular weight excluding hydrogens is 362 g/mol. The van der Waals surface area contributed by atoms with Gasteiger partial charge in [-0.25, -0.2) is 0 Å². The van der Waals surface area contributed by atoms with Crippen molar-refractivity contribution in [2.45, 2.75) is 86.6 Å². The lowest BCUT2D eigenvalue weighted by Gasteiger charge is -2.29. The van der Waals surface area contributed by atoms with Crippen molar-refractivity contribution < 1.29 is 9.59 Å². The summed E-state index contributed by atoms with van der Waals surface area (Å²) in [6, 6.07) is 0. The molecule has 5 nitrogen and oxygen atoms in total. The van der Waals surface area contributed by atoms with E-state index in [-0.39, 0.29) is 23.0 Å². The second kappa shape index (κ2) is 9.73. The van der Waals surface area contributed by atoms with E-state index in [4.69, 9.17) is 10.8 Å². The highest BCUT2D eigenvalue weighted by atomic mass is 16.1. The molecule has 0 saturated heterocycles. The van der Waals surface area contributed by atoms with Crippen LogP contribution in [0.1, 0.15) is 81.1 Å². The lowest BCUT2D eigenvalue weighted by atomic mass is 9.87. The van der Waals surface area contributed by atoms with Crippen molar-refractivity contribution in [2.75, 3.05) is 7.05 Å². The van der Waals surface area contributed by atoms with Crippen LogP contribution in [0.5, 0.6) is 0 Å². The molecule has 29 heavy (non-hydrogen) atoms. The molecule has 1 unspecified atom stereocenters. The van der Waals surface area contributed by atoms with E-state index >= 15 is 0 Å². The van der Waals surface area contributed by atoms with Gasteiger partial charge in [-0.3, -0.25) is 14.6 Å². The third-order valence-corrected chi connectivity index (χ3v) is 5.73. The molecule has 5 heteroatoms. The number of rotatable bonds is 10. The van der Waals surface area contributed by atoms with Crippen molar-refractivity contribution in [3.8, 4) is 0 Å². The van der Waals surface area contributed by atoms with Gasteiger partial charge in [-0.2, -0.15) is 5.10 Å². The molecule has 1 atom stereocenters. The van der Waals surface area contributed by atoms with Gasteiger partial charge in [0.15, 0.2) is 5.78 Å². The summed E-state index contributed by atoms with van der Waals surface area (Å²) in [5, 5.41) is 6.72. The first-order chi connectivity index (χ1) is 13.3. The summed E-state index contributed by atoms with van der Waals surface area (Å²) in [4.78, 5) is 24.6. The van der Waals surface area contributed by atoms with Gasteiger partial charge in [-0.15, -0.1) is 0 Å². The van der Waals surface area contributed by atoms with Crippen LogP contribution < -0.4 is 5.73 Å². The summed E-state index contributed by atoms with van der Waals surface area (Å²) in [6.45, 7) is 16.3. The van der Waals surface area contributed by atoms with Gasteiger partial charge in [0.2, 0.25) is 0 Å². The Kier molecular flexibility index (Phi) is 8.43. The molecule has 0 aromatic heterocycles. The number of hydrogen-bond acceptors (Lipinski definition) is 5. The molecule has 0 aromatic carbocycles. The Morgan fingerprint density at radius 1 is 1.24 bits per heavy atom. The first-order valence-corrected chi connectivity index (χ1v) is 10.8. The van der Waals surface area contributed by atoms with Crippen LogP contribution in [0.25, 0.3) is 0 Å². The fraction of sp³-hybridized carbons (Fsp3) is 0.708. The van der Waals surface area contributed by atoms with E-state index in [1.807, 2.05) is 18.1 Å². The molecule has 1 fully saturated rings. The van der Waals surface area contributed by atoms with Crippen LogP contribution in [0.3, 0.4) is 0 Å². The first-order valence-electron chi connectivity index (χ1n) is 10.8. The average Bonchev–Trinajstić information content (AvgIpc) is 3.43. The number of aldehydes is 1. The molecule has 1 saturated carbocycles. The summed E-state index contributed by atoms with van der Waals surface area (Å²) in [5.41, 5.74) is 8.62. The van der Waals surface area contributed by atoms with Crippen LogP contribution in [-0.4, -0.2) is 35.4 Å². The van der Waals surface area contributed by atoms with Gasteiger partial charge >= 0.3 is 0 Å². The number of nitrogens with zero attached hydrogens (tertiary/aromatic N) is 2.